The normalized spacial score (nSPS) is 28.2. The number of hydrogen-bond donors (Lipinski definition) is 1. The average Bonchev–Trinajstić information content (AvgIpc) is 2.96. The van der Waals surface area contributed by atoms with Crippen LogP contribution in [0.15, 0.2) is 0 Å². The molecule has 0 aromatic carbocycles. The molecule has 0 spiro atoms. The molecule has 1 aromatic rings. The summed E-state index contributed by atoms with van der Waals surface area (Å²) in [6.45, 7) is 6.89. The van der Waals surface area contributed by atoms with Gasteiger partial charge in [0.25, 0.3) is 0 Å². The Balaban J connectivity index is 1.69. The molecule has 1 aromatic heterocycles. The molecule has 2 aliphatic rings. The van der Waals surface area contributed by atoms with Crippen LogP contribution in [0.2, 0.25) is 0 Å². The first-order chi connectivity index (χ1) is 9.69. The van der Waals surface area contributed by atoms with Crippen LogP contribution in [0.1, 0.15) is 56.1 Å². The van der Waals surface area contributed by atoms with Crippen LogP contribution in [-0.4, -0.2) is 25.1 Å². The number of nitrogens with one attached hydrogen (secondary N) is 1. The van der Waals surface area contributed by atoms with E-state index in [9.17, 15) is 0 Å². The average molecular weight is 293 g/mol. The van der Waals surface area contributed by atoms with Gasteiger partial charge in [0.15, 0.2) is 5.13 Å². The van der Waals surface area contributed by atoms with Gasteiger partial charge in [-0.15, -0.1) is 0 Å². The maximum absolute atomic E-state index is 4.92. The summed E-state index contributed by atoms with van der Waals surface area (Å²) < 4.78 is 0. The maximum Gasteiger partial charge on any atom is 0.185 e. The number of fused-ring (bicyclic) bond motifs is 1. The molecule has 0 aliphatic heterocycles. The number of anilines is 1. The van der Waals surface area contributed by atoms with Crippen molar-refractivity contribution < 1.29 is 0 Å². The molecule has 20 heavy (non-hydrogen) atoms. The van der Waals surface area contributed by atoms with E-state index in [1.54, 1.807) is 0 Å². The van der Waals surface area contributed by atoms with Crippen molar-refractivity contribution in [1.82, 2.24) is 10.3 Å². The number of aryl methyl sites for hydroxylation is 1. The molecule has 0 radical (unpaired) electrons. The van der Waals surface area contributed by atoms with Crippen LogP contribution in [0.4, 0.5) is 5.13 Å². The van der Waals surface area contributed by atoms with Gasteiger partial charge in [0.2, 0.25) is 0 Å². The second-order valence-corrected chi connectivity index (χ2v) is 7.57. The predicted molar refractivity (Wildman–Crippen MR) is 86.6 cm³/mol. The van der Waals surface area contributed by atoms with E-state index >= 15 is 0 Å². The maximum atomic E-state index is 4.92. The lowest BCUT2D eigenvalue weighted by atomic mass is 9.98. The molecule has 3 unspecified atom stereocenters. The van der Waals surface area contributed by atoms with Crippen molar-refractivity contribution in [1.29, 1.82) is 0 Å². The van der Waals surface area contributed by atoms with Gasteiger partial charge in [-0.3, -0.25) is 0 Å². The zero-order valence-corrected chi connectivity index (χ0v) is 13.8. The first-order valence-electron chi connectivity index (χ1n) is 8.13. The molecule has 1 heterocycles. The lowest BCUT2D eigenvalue weighted by molar-refractivity contribution is 0.464. The molecule has 1 N–H and O–H groups in total. The van der Waals surface area contributed by atoms with Gasteiger partial charge in [-0.25, -0.2) is 4.98 Å². The Bertz CT molecular complexity index is 457. The molecular weight excluding hydrogens is 266 g/mol. The van der Waals surface area contributed by atoms with Crippen molar-refractivity contribution in [3.8, 4) is 0 Å². The first-order valence-corrected chi connectivity index (χ1v) is 8.94. The molecule has 2 aliphatic carbocycles. The number of rotatable bonds is 6. The molecule has 4 heteroatoms. The highest BCUT2D eigenvalue weighted by molar-refractivity contribution is 7.15. The van der Waals surface area contributed by atoms with Gasteiger partial charge in [-0.05, 0) is 50.5 Å². The SMILES string of the molecule is CCCNC1CCCc2nc(N(C)CC3CC3C)sc21. The van der Waals surface area contributed by atoms with Crippen molar-refractivity contribution in [3.63, 3.8) is 0 Å². The van der Waals surface area contributed by atoms with E-state index in [0.29, 0.717) is 6.04 Å². The van der Waals surface area contributed by atoms with Gasteiger partial charge >= 0.3 is 0 Å². The molecule has 3 rings (SSSR count). The number of aromatic nitrogens is 1. The summed E-state index contributed by atoms with van der Waals surface area (Å²) in [6, 6.07) is 0.554. The summed E-state index contributed by atoms with van der Waals surface area (Å²) in [5, 5.41) is 4.93. The third kappa shape index (κ3) is 3.01. The lowest BCUT2D eigenvalue weighted by Gasteiger charge is -2.22. The Morgan fingerprint density at radius 1 is 1.45 bits per heavy atom. The molecule has 1 saturated carbocycles. The van der Waals surface area contributed by atoms with Gasteiger partial charge in [-0.2, -0.15) is 0 Å². The summed E-state index contributed by atoms with van der Waals surface area (Å²) in [5.41, 5.74) is 1.36. The highest BCUT2D eigenvalue weighted by Crippen LogP contribution is 2.41. The van der Waals surface area contributed by atoms with E-state index in [-0.39, 0.29) is 0 Å². The van der Waals surface area contributed by atoms with Gasteiger partial charge in [0.05, 0.1) is 5.69 Å². The second kappa shape index (κ2) is 6.02. The van der Waals surface area contributed by atoms with Gasteiger partial charge in [0.1, 0.15) is 0 Å². The topological polar surface area (TPSA) is 28.2 Å². The minimum absolute atomic E-state index is 0.554. The zero-order chi connectivity index (χ0) is 14.1. The summed E-state index contributed by atoms with van der Waals surface area (Å²) in [7, 11) is 2.21. The third-order valence-electron chi connectivity index (χ3n) is 4.69. The van der Waals surface area contributed by atoms with Crippen LogP contribution < -0.4 is 10.2 Å². The zero-order valence-electron chi connectivity index (χ0n) is 13.0. The van der Waals surface area contributed by atoms with Crippen molar-refractivity contribution in [3.05, 3.63) is 10.6 Å². The molecule has 3 nitrogen and oxygen atoms in total. The fraction of sp³-hybridized carbons (Fsp3) is 0.812. The van der Waals surface area contributed by atoms with Gasteiger partial charge < -0.3 is 10.2 Å². The molecule has 0 amide bonds. The van der Waals surface area contributed by atoms with E-state index < -0.39 is 0 Å². The third-order valence-corrected chi connectivity index (χ3v) is 6.02. The quantitative estimate of drug-likeness (QED) is 0.868. The summed E-state index contributed by atoms with van der Waals surface area (Å²) >= 11 is 1.93. The summed E-state index contributed by atoms with van der Waals surface area (Å²) in [5.74, 6) is 1.82. The number of hydrogen-bond acceptors (Lipinski definition) is 4. The van der Waals surface area contributed by atoms with Crippen LogP contribution in [0, 0.1) is 11.8 Å². The Labute approximate surface area is 126 Å². The molecule has 3 atom stereocenters. The van der Waals surface area contributed by atoms with Crippen molar-refractivity contribution in [2.24, 2.45) is 11.8 Å². The van der Waals surface area contributed by atoms with Crippen LogP contribution >= 0.6 is 11.3 Å². The van der Waals surface area contributed by atoms with E-state index in [2.05, 4.69) is 31.1 Å². The van der Waals surface area contributed by atoms with E-state index in [1.165, 1.54) is 54.4 Å². The van der Waals surface area contributed by atoms with Crippen molar-refractivity contribution in [2.75, 3.05) is 25.0 Å². The first kappa shape index (κ1) is 14.3. The fourth-order valence-corrected chi connectivity index (χ4v) is 4.36. The smallest absolute Gasteiger partial charge is 0.185 e. The van der Waals surface area contributed by atoms with Crippen molar-refractivity contribution in [2.45, 2.75) is 52.0 Å². The Morgan fingerprint density at radius 3 is 2.95 bits per heavy atom. The minimum atomic E-state index is 0.554. The molecule has 0 bridgehead atoms. The van der Waals surface area contributed by atoms with E-state index in [0.717, 1.165) is 18.4 Å². The second-order valence-electron chi connectivity index (χ2n) is 6.56. The Hall–Kier alpha value is -0.610. The van der Waals surface area contributed by atoms with E-state index in [4.69, 9.17) is 4.98 Å². The molecule has 1 fully saturated rings. The van der Waals surface area contributed by atoms with Crippen LogP contribution in [0.3, 0.4) is 0 Å². The number of thiazole rings is 1. The van der Waals surface area contributed by atoms with Crippen molar-refractivity contribution >= 4 is 16.5 Å². The Kier molecular flexibility index (Phi) is 4.32. The highest BCUT2D eigenvalue weighted by atomic mass is 32.1. The predicted octanol–water partition coefficient (Wildman–Crippen LogP) is 3.61. The van der Waals surface area contributed by atoms with Crippen LogP contribution in [-0.2, 0) is 6.42 Å². The van der Waals surface area contributed by atoms with Crippen LogP contribution in [0.5, 0.6) is 0 Å². The minimum Gasteiger partial charge on any atom is -0.351 e. The number of nitrogens with zero attached hydrogens (tertiary/aromatic N) is 2. The van der Waals surface area contributed by atoms with Gasteiger partial charge in [-0.1, -0.05) is 25.2 Å². The molecular formula is C16H27N3S. The molecule has 0 saturated heterocycles. The van der Waals surface area contributed by atoms with Gasteiger partial charge in [0, 0.05) is 24.5 Å². The largest absolute Gasteiger partial charge is 0.351 e. The van der Waals surface area contributed by atoms with E-state index in [1.807, 2.05) is 11.3 Å². The summed E-state index contributed by atoms with van der Waals surface area (Å²) in [6.07, 6.45) is 6.33. The highest BCUT2D eigenvalue weighted by Gasteiger charge is 2.34. The monoisotopic (exact) mass is 293 g/mol. The standard InChI is InChI=1S/C16H27N3S/c1-4-8-17-13-6-5-7-14-15(13)20-16(18-14)19(3)10-12-9-11(12)2/h11-13,17H,4-10H2,1-3H3. The van der Waals surface area contributed by atoms with Crippen LogP contribution in [0.25, 0.3) is 0 Å². The summed E-state index contributed by atoms with van der Waals surface area (Å²) in [4.78, 5) is 8.81. The Morgan fingerprint density at radius 2 is 2.25 bits per heavy atom. The lowest BCUT2D eigenvalue weighted by Crippen LogP contribution is -2.24. The fourth-order valence-electron chi connectivity index (χ4n) is 3.17. The molecule has 112 valence electrons.